The monoisotopic (exact) mass is 601 g/mol. The van der Waals surface area contributed by atoms with E-state index in [1.165, 1.54) is 6.07 Å². The van der Waals surface area contributed by atoms with Gasteiger partial charge in [0.25, 0.3) is 5.91 Å². The largest absolute Gasteiger partial charge is 0.417 e. The van der Waals surface area contributed by atoms with E-state index in [4.69, 9.17) is 4.74 Å². The van der Waals surface area contributed by atoms with Crippen molar-refractivity contribution in [2.45, 2.75) is 32.2 Å². The highest BCUT2D eigenvalue weighted by molar-refractivity contribution is 6.07. The number of carbonyl (C=O) groups excluding carboxylic acids is 1. The molecule has 0 bridgehead atoms. The lowest BCUT2D eigenvalue weighted by Gasteiger charge is -2.38. The van der Waals surface area contributed by atoms with Crippen molar-refractivity contribution in [1.82, 2.24) is 14.8 Å². The third-order valence-electron chi connectivity index (χ3n) is 7.82. The van der Waals surface area contributed by atoms with Gasteiger partial charge in [0.05, 0.1) is 34.7 Å². The molecule has 1 aromatic heterocycles. The number of piperazine rings is 1. The Kier molecular flexibility index (Phi) is 8.64. The second kappa shape index (κ2) is 12.1. The van der Waals surface area contributed by atoms with Crippen LogP contribution in [0.15, 0.2) is 53.5 Å². The molecule has 2 aliphatic heterocycles. The molecule has 3 aromatic rings. The number of nitrogens with one attached hydrogen (secondary N) is 2. The van der Waals surface area contributed by atoms with Gasteiger partial charge in [0.1, 0.15) is 5.82 Å². The van der Waals surface area contributed by atoms with E-state index < -0.39 is 34.6 Å². The van der Waals surface area contributed by atoms with Crippen molar-refractivity contribution >= 4 is 17.3 Å². The molecule has 0 atom stereocenters. The minimum Gasteiger partial charge on any atom is -0.373 e. The van der Waals surface area contributed by atoms with E-state index in [1.54, 1.807) is 30.3 Å². The summed E-state index contributed by atoms with van der Waals surface area (Å²) in [6, 6.07) is 10.4. The van der Waals surface area contributed by atoms with Crippen LogP contribution in [0.3, 0.4) is 0 Å². The highest BCUT2D eigenvalue weighted by Gasteiger charge is 2.36. The molecule has 230 valence electrons. The summed E-state index contributed by atoms with van der Waals surface area (Å²) in [6.07, 6.45) is -4.15. The van der Waals surface area contributed by atoms with Crippen LogP contribution in [0.2, 0.25) is 0 Å². The van der Waals surface area contributed by atoms with Crippen molar-refractivity contribution in [3.8, 4) is 11.1 Å². The Morgan fingerprint density at radius 2 is 1.79 bits per heavy atom. The van der Waals surface area contributed by atoms with Gasteiger partial charge >= 0.3 is 6.18 Å². The number of hydrogen-bond acceptors (Lipinski definition) is 6. The maximum atomic E-state index is 15.2. The van der Waals surface area contributed by atoms with Gasteiger partial charge in [-0.05, 0) is 56.3 Å². The smallest absolute Gasteiger partial charge is 0.373 e. The van der Waals surface area contributed by atoms with E-state index >= 15 is 4.39 Å². The first-order valence-corrected chi connectivity index (χ1v) is 14.1. The van der Waals surface area contributed by atoms with Crippen molar-refractivity contribution in [1.29, 1.82) is 0 Å². The van der Waals surface area contributed by atoms with Crippen LogP contribution in [0.1, 0.15) is 35.3 Å². The Hall–Kier alpha value is -3.74. The van der Waals surface area contributed by atoms with Crippen LogP contribution in [0, 0.1) is 5.82 Å². The van der Waals surface area contributed by atoms with Crippen molar-refractivity contribution in [3.63, 3.8) is 0 Å². The summed E-state index contributed by atoms with van der Waals surface area (Å²) in [5.41, 5.74) is -0.796. The Morgan fingerprint density at radius 3 is 2.49 bits per heavy atom. The fraction of sp³-hybridized carbons (Fsp3) is 0.419. The maximum absolute atomic E-state index is 15.2. The summed E-state index contributed by atoms with van der Waals surface area (Å²) in [7, 11) is 1.99. The lowest BCUT2D eigenvalue weighted by atomic mass is 9.99. The number of aromatic nitrogens is 1. The molecule has 1 amide bonds. The summed E-state index contributed by atoms with van der Waals surface area (Å²) in [5, 5.41) is 2.63. The van der Waals surface area contributed by atoms with Gasteiger partial charge in [-0.15, -0.1) is 0 Å². The first-order chi connectivity index (χ1) is 20.3. The number of anilines is 2. The fourth-order valence-corrected chi connectivity index (χ4v) is 5.61. The van der Waals surface area contributed by atoms with Crippen LogP contribution in [-0.4, -0.2) is 79.2 Å². The molecule has 43 heavy (non-hydrogen) atoms. The highest BCUT2D eigenvalue weighted by atomic mass is 19.4. The molecule has 2 aliphatic rings. The van der Waals surface area contributed by atoms with Crippen molar-refractivity contribution < 1.29 is 27.1 Å². The van der Waals surface area contributed by atoms with Gasteiger partial charge in [0.2, 0.25) is 5.56 Å². The van der Waals surface area contributed by atoms with E-state index in [-0.39, 0.29) is 11.3 Å². The molecule has 0 spiro atoms. The summed E-state index contributed by atoms with van der Waals surface area (Å²) in [5.74, 6) is -1.50. The van der Waals surface area contributed by atoms with Gasteiger partial charge in [-0.1, -0.05) is 12.1 Å². The number of amides is 1. The van der Waals surface area contributed by atoms with Crippen LogP contribution in [0.5, 0.6) is 0 Å². The van der Waals surface area contributed by atoms with Crippen molar-refractivity contribution in [2.24, 2.45) is 0 Å². The number of ether oxygens (including phenoxy) is 1. The SMILES string of the molecule is CN1CCN(c2ccc(-c3cc(CN4CCOC(C)(C)C4)ccc3F)cc2NC(=O)c2c[nH]c(=O)cc2C(F)(F)F)CC1. The number of H-pyrrole nitrogens is 1. The van der Waals surface area contributed by atoms with E-state index in [9.17, 15) is 22.8 Å². The average molecular weight is 602 g/mol. The molecule has 2 aromatic carbocycles. The maximum Gasteiger partial charge on any atom is 0.417 e. The molecule has 0 saturated carbocycles. The number of hydrogen-bond donors (Lipinski definition) is 2. The zero-order valence-electron chi connectivity index (χ0n) is 24.4. The molecule has 12 heteroatoms. The van der Waals surface area contributed by atoms with E-state index in [2.05, 4.69) is 20.1 Å². The van der Waals surface area contributed by atoms with Crippen LogP contribution < -0.4 is 15.8 Å². The summed E-state index contributed by atoms with van der Waals surface area (Å²) in [6.45, 7) is 9.48. The number of benzene rings is 2. The number of rotatable bonds is 6. The molecular weight excluding hydrogens is 566 g/mol. The average Bonchev–Trinajstić information content (AvgIpc) is 2.93. The molecule has 2 saturated heterocycles. The molecular formula is C31H35F4N5O3. The lowest BCUT2D eigenvalue weighted by Crippen LogP contribution is -2.47. The predicted octanol–water partition coefficient (Wildman–Crippen LogP) is 4.81. The number of halogens is 4. The predicted molar refractivity (Wildman–Crippen MR) is 157 cm³/mol. The number of pyridine rings is 1. The molecule has 0 aliphatic carbocycles. The molecule has 0 unspecified atom stereocenters. The standard InChI is InChI=1S/C31H35F4N5O3/c1-30(2)19-39(12-13-43-30)18-20-4-6-25(32)22(14-20)21-5-7-27(40-10-8-38(3)9-11-40)26(15-21)37-29(42)23-17-36-28(41)16-24(23)31(33,34)35/h4-7,14-17H,8-13,18-19H2,1-3H3,(H,36,41)(H,37,42). The molecule has 2 fully saturated rings. The van der Waals surface area contributed by atoms with Gasteiger partial charge in [-0.3, -0.25) is 14.5 Å². The number of nitrogens with zero attached hydrogens (tertiary/aromatic N) is 3. The zero-order valence-corrected chi connectivity index (χ0v) is 24.4. The van der Waals surface area contributed by atoms with Crippen molar-refractivity contribution in [2.75, 3.05) is 63.1 Å². The van der Waals surface area contributed by atoms with Gasteiger partial charge < -0.3 is 24.8 Å². The number of likely N-dealkylation sites (N-methyl/N-ethyl adjacent to an activating group) is 1. The molecule has 3 heterocycles. The number of carbonyl (C=O) groups is 1. The summed E-state index contributed by atoms with van der Waals surface area (Å²) >= 11 is 0. The van der Waals surface area contributed by atoms with E-state index in [0.29, 0.717) is 49.1 Å². The highest BCUT2D eigenvalue weighted by Crippen LogP contribution is 2.36. The van der Waals surface area contributed by atoms with Crippen LogP contribution in [0.4, 0.5) is 28.9 Å². The fourth-order valence-electron chi connectivity index (χ4n) is 5.61. The summed E-state index contributed by atoms with van der Waals surface area (Å²) in [4.78, 5) is 33.5. The summed E-state index contributed by atoms with van der Waals surface area (Å²) < 4.78 is 62.2. The van der Waals surface area contributed by atoms with Crippen LogP contribution in [-0.2, 0) is 17.5 Å². The van der Waals surface area contributed by atoms with Gasteiger partial charge in [-0.25, -0.2) is 4.39 Å². The molecule has 0 radical (unpaired) electrons. The van der Waals surface area contributed by atoms with E-state index in [0.717, 1.165) is 37.9 Å². The zero-order chi connectivity index (χ0) is 30.9. The van der Waals surface area contributed by atoms with E-state index in [1.807, 2.05) is 25.8 Å². The number of aromatic amines is 1. The topological polar surface area (TPSA) is 80.9 Å². The first-order valence-electron chi connectivity index (χ1n) is 14.1. The van der Waals surface area contributed by atoms with Crippen LogP contribution >= 0.6 is 0 Å². The Labute approximate surface area is 247 Å². The normalized spacial score (nSPS) is 18.1. The van der Waals surface area contributed by atoms with Gasteiger partial charge in [0, 0.05) is 63.6 Å². The van der Waals surface area contributed by atoms with Crippen LogP contribution in [0.25, 0.3) is 11.1 Å². The number of alkyl halides is 3. The van der Waals surface area contributed by atoms with Gasteiger partial charge in [-0.2, -0.15) is 13.2 Å². The minimum absolute atomic E-state index is 0.242. The molecule has 2 N–H and O–H groups in total. The van der Waals surface area contributed by atoms with Crippen molar-refractivity contribution in [3.05, 3.63) is 81.5 Å². The molecule has 5 rings (SSSR count). The lowest BCUT2D eigenvalue weighted by molar-refractivity contribution is -0.138. The Balaban J connectivity index is 1.50. The first kappa shape index (κ1) is 30.7. The minimum atomic E-state index is -4.91. The quantitative estimate of drug-likeness (QED) is 0.395. The second-order valence-electron chi connectivity index (χ2n) is 11.7. The second-order valence-corrected chi connectivity index (χ2v) is 11.7. The van der Waals surface area contributed by atoms with Gasteiger partial charge in [0.15, 0.2) is 0 Å². The molecule has 8 nitrogen and oxygen atoms in total. The Morgan fingerprint density at radius 1 is 1.05 bits per heavy atom. The Bertz CT molecular complexity index is 1550. The number of morpholine rings is 1. The third-order valence-corrected chi connectivity index (χ3v) is 7.82. The third kappa shape index (κ3) is 7.26.